The van der Waals surface area contributed by atoms with E-state index >= 15 is 0 Å². The number of urea groups is 1. The van der Waals surface area contributed by atoms with Gasteiger partial charge in [-0.2, -0.15) is 22.7 Å². The van der Waals surface area contributed by atoms with Crippen molar-refractivity contribution >= 4 is 17.4 Å². The topological polar surface area (TPSA) is 72.4 Å². The van der Waals surface area contributed by atoms with Crippen molar-refractivity contribution in [2.75, 3.05) is 11.9 Å². The second-order valence-electron chi connectivity index (χ2n) is 8.83. The molecule has 1 N–H and O–H groups in total. The quantitative estimate of drug-likeness (QED) is 0.389. The summed E-state index contributed by atoms with van der Waals surface area (Å²) in [5.41, 5.74) is -0.280. The van der Waals surface area contributed by atoms with E-state index in [2.05, 4.69) is 24.6 Å². The highest BCUT2D eigenvalue weighted by molar-refractivity contribution is 6.08. The van der Waals surface area contributed by atoms with Gasteiger partial charge in [0.05, 0.1) is 17.8 Å². The van der Waals surface area contributed by atoms with Gasteiger partial charge in [0.25, 0.3) is 0 Å². The summed E-state index contributed by atoms with van der Waals surface area (Å²) in [6.45, 7) is -0.111. The van der Waals surface area contributed by atoms with Crippen LogP contribution in [0.4, 0.5) is 41.2 Å². The van der Waals surface area contributed by atoms with E-state index in [1.54, 1.807) is 0 Å². The number of carbonyl (C=O) groups is 1. The molecule has 0 radical (unpaired) electrons. The van der Waals surface area contributed by atoms with Crippen LogP contribution < -0.4 is 19.5 Å². The van der Waals surface area contributed by atoms with Gasteiger partial charge >= 0.3 is 24.4 Å². The molecule has 39 heavy (non-hydrogen) atoms. The third kappa shape index (κ3) is 4.15. The van der Waals surface area contributed by atoms with Crippen molar-refractivity contribution < 1.29 is 49.7 Å². The number of rotatable bonds is 3. The van der Waals surface area contributed by atoms with Crippen LogP contribution in [0.2, 0.25) is 0 Å². The molecule has 0 saturated heterocycles. The second-order valence-corrected chi connectivity index (χ2v) is 8.83. The van der Waals surface area contributed by atoms with Crippen LogP contribution in [0.1, 0.15) is 22.6 Å². The Bertz CT molecular complexity index is 1530. The molecule has 1 unspecified atom stereocenters. The molecule has 0 spiro atoms. The van der Waals surface area contributed by atoms with Crippen molar-refractivity contribution in [3.05, 3.63) is 83.2 Å². The number of ether oxygens (including phenoxy) is 3. The molecule has 0 bridgehead atoms. The van der Waals surface area contributed by atoms with Crippen LogP contribution in [0.15, 0.2) is 65.8 Å². The third-order valence-electron chi connectivity index (χ3n) is 6.29. The van der Waals surface area contributed by atoms with E-state index < -0.39 is 47.4 Å². The minimum Gasteiger partial charge on any atom is -0.427 e. The second kappa shape index (κ2) is 8.25. The van der Waals surface area contributed by atoms with Gasteiger partial charge in [-0.25, -0.2) is 14.2 Å². The molecule has 0 aromatic heterocycles. The van der Waals surface area contributed by atoms with Crippen molar-refractivity contribution in [2.24, 2.45) is 5.10 Å². The summed E-state index contributed by atoms with van der Waals surface area (Å²) in [6, 6.07) is 11.0. The third-order valence-corrected chi connectivity index (χ3v) is 6.29. The smallest absolute Gasteiger partial charge is 0.427 e. The lowest BCUT2D eigenvalue weighted by Crippen LogP contribution is -2.37. The Morgan fingerprint density at radius 2 is 1.56 bits per heavy atom. The number of carbonyl (C=O) groups excluding carboxylic acids is 1. The summed E-state index contributed by atoms with van der Waals surface area (Å²) in [4.78, 5) is 13.0. The number of alkyl halides is 6. The molecule has 14 heteroatoms. The largest absolute Gasteiger partial charge is 0.586 e. The molecule has 2 amide bonds. The first-order valence-electron chi connectivity index (χ1n) is 11.2. The van der Waals surface area contributed by atoms with Crippen LogP contribution in [0, 0.1) is 5.82 Å². The number of nitrogens with zero attached hydrogens (tertiary/aromatic N) is 2. The van der Waals surface area contributed by atoms with Gasteiger partial charge in [-0.05, 0) is 54.1 Å². The summed E-state index contributed by atoms with van der Waals surface area (Å²) in [6.07, 6.45) is -8.61. The molecule has 6 rings (SSSR count). The Kier molecular flexibility index (Phi) is 5.25. The SMILES string of the molecule is O=C(Nc1ccc2c(c1)C(F)(F)C(F)(F)O2)N1CC(c2ccc(F)cc2)C(c2ccc3c(c2)OC(F)(F)O3)=N1. The molecule has 1 atom stereocenters. The number of anilines is 1. The fourth-order valence-corrected chi connectivity index (χ4v) is 4.44. The average Bonchev–Trinajstić information content (AvgIpc) is 3.49. The zero-order valence-electron chi connectivity index (χ0n) is 19.2. The number of fused-ring (bicyclic) bond motifs is 2. The van der Waals surface area contributed by atoms with Crippen LogP contribution in [0.3, 0.4) is 0 Å². The fraction of sp³-hybridized carbons (Fsp3) is 0.200. The molecule has 3 aliphatic heterocycles. The number of hydrogen-bond donors (Lipinski definition) is 1. The van der Waals surface area contributed by atoms with Crippen LogP contribution in [0.5, 0.6) is 17.2 Å². The van der Waals surface area contributed by atoms with Crippen molar-refractivity contribution in [3.8, 4) is 17.2 Å². The van der Waals surface area contributed by atoms with E-state index in [9.17, 15) is 35.5 Å². The Morgan fingerprint density at radius 1 is 0.872 bits per heavy atom. The van der Waals surface area contributed by atoms with E-state index in [4.69, 9.17) is 0 Å². The van der Waals surface area contributed by atoms with Crippen molar-refractivity contribution in [1.29, 1.82) is 0 Å². The standard InChI is InChI=1S/C25H14F7N3O4/c26-14-4-1-12(2-5-14)16-11-35(34-21(16)13-3-7-19-20(9-13)39-25(31,32)38-19)22(36)33-15-6-8-18-17(10-15)23(27,28)24(29,30)37-18/h1-10,16H,11H2,(H,33,36). The predicted molar refractivity (Wildman–Crippen MR) is 120 cm³/mol. The lowest BCUT2D eigenvalue weighted by atomic mass is 9.90. The number of amides is 2. The lowest BCUT2D eigenvalue weighted by molar-refractivity contribution is -0.296. The zero-order chi connectivity index (χ0) is 27.7. The number of nitrogens with one attached hydrogen (secondary N) is 1. The number of halogens is 7. The zero-order valence-corrected chi connectivity index (χ0v) is 19.2. The molecule has 7 nitrogen and oxygen atoms in total. The maximum atomic E-state index is 14.1. The normalized spacial score (nSPS) is 21.3. The first-order valence-corrected chi connectivity index (χ1v) is 11.2. The Labute approximate surface area is 214 Å². The minimum atomic E-state index is -4.75. The molecule has 3 heterocycles. The van der Waals surface area contributed by atoms with E-state index in [1.165, 1.54) is 42.5 Å². The highest BCUT2D eigenvalue weighted by Crippen LogP contribution is 2.53. The Morgan fingerprint density at radius 3 is 2.31 bits per heavy atom. The van der Waals surface area contributed by atoms with Crippen molar-refractivity contribution in [3.63, 3.8) is 0 Å². The number of hydrogen-bond acceptors (Lipinski definition) is 5. The molecule has 0 saturated carbocycles. The van der Waals surface area contributed by atoms with E-state index in [0.29, 0.717) is 11.6 Å². The van der Waals surface area contributed by atoms with Gasteiger partial charge < -0.3 is 19.5 Å². The number of benzene rings is 3. The molecule has 0 fully saturated rings. The van der Waals surface area contributed by atoms with Gasteiger partial charge in [-0.15, -0.1) is 8.78 Å². The van der Waals surface area contributed by atoms with Crippen molar-refractivity contribution in [1.82, 2.24) is 5.01 Å². The van der Waals surface area contributed by atoms with Crippen LogP contribution >= 0.6 is 0 Å². The van der Waals surface area contributed by atoms with Gasteiger partial charge in [0.1, 0.15) is 11.6 Å². The summed E-state index contributed by atoms with van der Waals surface area (Å²) in [5.74, 6) is -7.00. The van der Waals surface area contributed by atoms with Gasteiger partial charge in [0, 0.05) is 17.2 Å². The first-order chi connectivity index (χ1) is 18.3. The highest BCUT2D eigenvalue weighted by atomic mass is 19.3. The molecule has 202 valence electrons. The van der Waals surface area contributed by atoms with Gasteiger partial charge in [-0.1, -0.05) is 12.1 Å². The van der Waals surface area contributed by atoms with Crippen LogP contribution in [0.25, 0.3) is 0 Å². The summed E-state index contributed by atoms with van der Waals surface area (Å²) in [5, 5.41) is 7.56. The van der Waals surface area contributed by atoms with Gasteiger partial charge in [0.15, 0.2) is 11.5 Å². The highest BCUT2D eigenvalue weighted by Gasteiger charge is 2.66. The molecule has 0 aliphatic carbocycles. The Hall–Kier alpha value is -4.49. The van der Waals surface area contributed by atoms with E-state index in [0.717, 1.165) is 17.1 Å². The molecule has 3 aromatic carbocycles. The monoisotopic (exact) mass is 553 g/mol. The van der Waals surface area contributed by atoms with Crippen LogP contribution in [-0.2, 0) is 5.92 Å². The summed E-state index contributed by atoms with van der Waals surface area (Å²) in [7, 11) is 0. The molecule has 3 aromatic rings. The fourth-order valence-electron chi connectivity index (χ4n) is 4.44. The minimum absolute atomic E-state index is 0.111. The molecular formula is C25H14F7N3O4. The first kappa shape index (κ1) is 24.8. The van der Waals surface area contributed by atoms with E-state index in [1.807, 2.05) is 0 Å². The van der Waals surface area contributed by atoms with Gasteiger partial charge in [0.2, 0.25) is 0 Å². The summed E-state index contributed by atoms with van der Waals surface area (Å²) < 4.78 is 109. The predicted octanol–water partition coefficient (Wildman–Crippen LogP) is 6.26. The maximum absolute atomic E-state index is 14.1. The maximum Gasteiger partial charge on any atom is 0.586 e. The van der Waals surface area contributed by atoms with Crippen molar-refractivity contribution in [2.45, 2.75) is 24.2 Å². The lowest BCUT2D eigenvalue weighted by Gasteiger charge is -2.17. The van der Waals surface area contributed by atoms with Crippen LogP contribution in [-0.4, -0.2) is 35.7 Å². The van der Waals surface area contributed by atoms with E-state index in [-0.39, 0.29) is 35.0 Å². The summed E-state index contributed by atoms with van der Waals surface area (Å²) >= 11 is 0. The average molecular weight is 553 g/mol. The molecular weight excluding hydrogens is 539 g/mol. The molecule has 3 aliphatic rings. The Balaban J connectivity index is 1.30. The number of hydrazone groups is 1. The van der Waals surface area contributed by atoms with Gasteiger partial charge in [-0.3, -0.25) is 0 Å².